The maximum Gasteiger partial charge on any atom is 0.237 e. The van der Waals surface area contributed by atoms with E-state index in [1.165, 1.54) is 11.8 Å². The predicted octanol–water partition coefficient (Wildman–Crippen LogP) is 2.26. The van der Waals surface area contributed by atoms with Gasteiger partial charge in [-0.15, -0.1) is 10.2 Å². The molecular formula is C18H25N5O3S. The van der Waals surface area contributed by atoms with Gasteiger partial charge in [0.1, 0.15) is 5.75 Å². The largest absolute Gasteiger partial charge is 0.495 e. The standard InChI is InChI=1S/C18H25N5O3S/c1-4-23-17(22-9-11-26-12-10-22)20-21-18(23)27-13(2)16(24)19-14-7-5-6-8-15(14)25-3/h5-8,13H,4,9-12H2,1-3H3,(H,19,24)/t13-/m0/s1. The first kappa shape index (κ1) is 19.5. The van der Waals surface area contributed by atoms with E-state index < -0.39 is 0 Å². The van der Waals surface area contributed by atoms with Crippen molar-refractivity contribution in [2.75, 3.05) is 43.6 Å². The highest BCUT2D eigenvalue weighted by Crippen LogP contribution is 2.28. The van der Waals surface area contributed by atoms with Crippen LogP contribution in [-0.2, 0) is 16.1 Å². The summed E-state index contributed by atoms with van der Waals surface area (Å²) in [6, 6.07) is 7.36. The first-order valence-corrected chi connectivity index (χ1v) is 9.88. The number of morpholine rings is 1. The number of carbonyl (C=O) groups excluding carboxylic acids is 1. The molecule has 1 aliphatic heterocycles. The van der Waals surface area contributed by atoms with Crippen LogP contribution in [0, 0.1) is 0 Å². The molecule has 0 spiro atoms. The van der Waals surface area contributed by atoms with Crippen LogP contribution in [0.15, 0.2) is 29.4 Å². The minimum Gasteiger partial charge on any atom is -0.495 e. The molecule has 1 atom stereocenters. The number of hydrogen-bond acceptors (Lipinski definition) is 7. The molecule has 8 nitrogen and oxygen atoms in total. The average molecular weight is 391 g/mol. The molecule has 0 radical (unpaired) electrons. The van der Waals surface area contributed by atoms with E-state index in [4.69, 9.17) is 9.47 Å². The van der Waals surface area contributed by atoms with Gasteiger partial charge in [0.15, 0.2) is 5.16 Å². The van der Waals surface area contributed by atoms with Gasteiger partial charge >= 0.3 is 0 Å². The molecule has 27 heavy (non-hydrogen) atoms. The van der Waals surface area contributed by atoms with Crippen LogP contribution in [0.2, 0.25) is 0 Å². The summed E-state index contributed by atoms with van der Waals surface area (Å²) < 4.78 is 12.7. The number of thioether (sulfide) groups is 1. The Hall–Kier alpha value is -2.26. The normalized spacial score (nSPS) is 15.4. The molecule has 1 N–H and O–H groups in total. The van der Waals surface area contributed by atoms with E-state index in [1.807, 2.05) is 35.8 Å². The third-order valence-electron chi connectivity index (χ3n) is 4.32. The van der Waals surface area contributed by atoms with Crippen molar-refractivity contribution in [1.29, 1.82) is 0 Å². The monoisotopic (exact) mass is 391 g/mol. The molecule has 0 unspecified atom stereocenters. The first-order valence-electron chi connectivity index (χ1n) is 9.00. The second kappa shape index (κ2) is 9.09. The van der Waals surface area contributed by atoms with Crippen LogP contribution >= 0.6 is 11.8 Å². The Bertz CT molecular complexity index is 776. The lowest BCUT2D eigenvalue weighted by Gasteiger charge is -2.27. The molecule has 2 aromatic rings. The van der Waals surface area contributed by atoms with E-state index in [0.717, 1.165) is 30.7 Å². The summed E-state index contributed by atoms with van der Waals surface area (Å²) in [6.07, 6.45) is 0. The zero-order valence-electron chi connectivity index (χ0n) is 15.8. The number of nitrogens with zero attached hydrogens (tertiary/aromatic N) is 4. The molecule has 9 heteroatoms. The number of rotatable bonds is 7. The summed E-state index contributed by atoms with van der Waals surface area (Å²) >= 11 is 1.40. The van der Waals surface area contributed by atoms with Gasteiger partial charge in [-0.05, 0) is 26.0 Å². The van der Waals surface area contributed by atoms with E-state index in [2.05, 4.69) is 27.3 Å². The number of para-hydroxylation sites is 2. The van der Waals surface area contributed by atoms with E-state index in [1.54, 1.807) is 7.11 Å². The van der Waals surface area contributed by atoms with Crippen molar-refractivity contribution in [3.63, 3.8) is 0 Å². The quantitative estimate of drug-likeness (QED) is 0.725. The third-order valence-corrected chi connectivity index (χ3v) is 5.40. The lowest BCUT2D eigenvalue weighted by molar-refractivity contribution is -0.115. The molecule has 1 fully saturated rings. The predicted molar refractivity (Wildman–Crippen MR) is 106 cm³/mol. The number of ether oxygens (including phenoxy) is 2. The molecule has 3 rings (SSSR count). The molecule has 0 aliphatic carbocycles. The summed E-state index contributed by atoms with van der Waals surface area (Å²) in [5.41, 5.74) is 0.656. The Morgan fingerprint density at radius 1 is 1.33 bits per heavy atom. The van der Waals surface area contributed by atoms with E-state index >= 15 is 0 Å². The zero-order valence-corrected chi connectivity index (χ0v) is 16.7. The van der Waals surface area contributed by atoms with Gasteiger partial charge in [-0.25, -0.2) is 0 Å². The molecule has 1 saturated heterocycles. The van der Waals surface area contributed by atoms with Gasteiger partial charge in [-0.1, -0.05) is 23.9 Å². The highest BCUT2D eigenvalue weighted by molar-refractivity contribution is 8.00. The Kier molecular flexibility index (Phi) is 6.57. The smallest absolute Gasteiger partial charge is 0.237 e. The fraction of sp³-hybridized carbons (Fsp3) is 0.500. The molecule has 1 aromatic carbocycles. The van der Waals surface area contributed by atoms with Crippen molar-refractivity contribution in [1.82, 2.24) is 14.8 Å². The summed E-state index contributed by atoms with van der Waals surface area (Å²) in [5, 5.41) is 12.0. The molecule has 146 valence electrons. The third kappa shape index (κ3) is 4.54. The van der Waals surface area contributed by atoms with E-state index in [9.17, 15) is 4.79 Å². The first-order chi connectivity index (χ1) is 13.1. The van der Waals surface area contributed by atoms with Crippen molar-refractivity contribution < 1.29 is 14.3 Å². The number of hydrogen-bond donors (Lipinski definition) is 1. The Labute approximate surface area is 163 Å². The Morgan fingerprint density at radius 3 is 2.78 bits per heavy atom. The van der Waals surface area contributed by atoms with Crippen LogP contribution in [0.25, 0.3) is 0 Å². The van der Waals surface area contributed by atoms with Crippen molar-refractivity contribution in [3.05, 3.63) is 24.3 Å². The number of carbonyl (C=O) groups is 1. The van der Waals surface area contributed by atoms with Gasteiger partial charge in [0.25, 0.3) is 0 Å². The van der Waals surface area contributed by atoms with Gasteiger partial charge in [0.2, 0.25) is 11.9 Å². The highest BCUT2D eigenvalue weighted by Gasteiger charge is 2.23. The lowest BCUT2D eigenvalue weighted by atomic mass is 10.3. The van der Waals surface area contributed by atoms with Crippen molar-refractivity contribution in [3.8, 4) is 5.75 Å². The van der Waals surface area contributed by atoms with Crippen molar-refractivity contribution in [2.45, 2.75) is 30.8 Å². The van der Waals surface area contributed by atoms with E-state index in [-0.39, 0.29) is 11.2 Å². The van der Waals surface area contributed by atoms with Gasteiger partial charge in [0, 0.05) is 19.6 Å². The topological polar surface area (TPSA) is 81.5 Å². The molecule has 0 bridgehead atoms. The molecule has 0 saturated carbocycles. The summed E-state index contributed by atoms with van der Waals surface area (Å²) in [7, 11) is 1.58. The number of benzene rings is 1. The number of nitrogens with one attached hydrogen (secondary N) is 1. The number of methoxy groups -OCH3 is 1. The maximum atomic E-state index is 12.6. The summed E-state index contributed by atoms with van der Waals surface area (Å²) in [5.74, 6) is 1.36. The zero-order chi connectivity index (χ0) is 19.2. The maximum absolute atomic E-state index is 12.6. The van der Waals surface area contributed by atoms with Crippen LogP contribution in [-0.4, -0.2) is 59.3 Å². The second-order valence-corrected chi connectivity index (χ2v) is 7.38. The van der Waals surface area contributed by atoms with Crippen LogP contribution in [0.3, 0.4) is 0 Å². The van der Waals surface area contributed by atoms with Crippen LogP contribution in [0.4, 0.5) is 11.6 Å². The molecule has 1 aliphatic rings. The number of aromatic nitrogens is 3. The van der Waals surface area contributed by atoms with Gasteiger partial charge in [-0.3, -0.25) is 9.36 Å². The molecule has 1 aromatic heterocycles. The van der Waals surface area contributed by atoms with E-state index in [0.29, 0.717) is 24.7 Å². The van der Waals surface area contributed by atoms with Gasteiger partial charge in [-0.2, -0.15) is 0 Å². The lowest BCUT2D eigenvalue weighted by Crippen LogP contribution is -2.38. The minimum absolute atomic E-state index is 0.108. The van der Waals surface area contributed by atoms with Crippen LogP contribution < -0.4 is 15.0 Å². The summed E-state index contributed by atoms with van der Waals surface area (Å²) in [4.78, 5) is 14.8. The van der Waals surface area contributed by atoms with Gasteiger partial charge < -0.3 is 19.7 Å². The SMILES string of the molecule is CCn1c(S[C@@H](C)C(=O)Nc2ccccc2OC)nnc1N1CCOCC1. The highest BCUT2D eigenvalue weighted by atomic mass is 32.2. The number of amides is 1. The molecule has 2 heterocycles. The molecule has 1 amide bonds. The van der Waals surface area contributed by atoms with Crippen molar-refractivity contribution >= 4 is 29.3 Å². The van der Waals surface area contributed by atoms with Gasteiger partial charge in [0.05, 0.1) is 31.3 Å². The second-order valence-electron chi connectivity index (χ2n) is 6.08. The minimum atomic E-state index is -0.332. The fourth-order valence-corrected chi connectivity index (χ4v) is 3.74. The summed E-state index contributed by atoms with van der Waals surface area (Å²) in [6.45, 7) is 7.63. The number of anilines is 2. The Balaban J connectivity index is 1.69. The van der Waals surface area contributed by atoms with Crippen LogP contribution in [0.1, 0.15) is 13.8 Å². The van der Waals surface area contributed by atoms with Crippen LogP contribution in [0.5, 0.6) is 5.75 Å². The average Bonchev–Trinajstić information content (AvgIpc) is 3.11. The fourth-order valence-electron chi connectivity index (χ4n) is 2.84. The molecular weight excluding hydrogens is 366 g/mol. The Morgan fingerprint density at radius 2 is 2.07 bits per heavy atom. The van der Waals surface area contributed by atoms with Crippen molar-refractivity contribution in [2.24, 2.45) is 0 Å².